The van der Waals surface area contributed by atoms with Gasteiger partial charge in [-0.25, -0.2) is 4.98 Å². The largest absolute Gasteiger partial charge is 0.387 e. The van der Waals surface area contributed by atoms with Crippen molar-refractivity contribution in [2.45, 2.75) is 38.6 Å². The van der Waals surface area contributed by atoms with E-state index < -0.39 is 12.5 Å². The molecule has 1 aliphatic rings. The summed E-state index contributed by atoms with van der Waals surface area (Å²) in [6.45, 7) is 2.72. The summed E-state index contributed by atoms with van der Waals surface area (Å²) in [4.78, 5) is 16.7. The van der Waals surface area contributed by atoms with Crippen LogP contribution in [0.3, 0.4) is 0 Å². The number of fused-ring (bicyclic) bond motifs is 1. The van der Waals surface area contributed by atoms with Gasteiger partial charge >= 0.3 is 0 Å². The molecule has 0 unspecified atom stereocenters. The fourth-order valence-electron chi connectivity index (χ4n) is 2.11. The summed E-state index contributed by atoms with van der Waals surface area (Å²) in [6, 6.07) is 0.527. The predicted molar refractivity (Wildman–Crippen MR) is 71.9 cm³/mol. The molecule has 1 aromatic heterocycles. The minimum atomic E-state index is -0.495. The number of carbonyl (C=O) groups excluding carboxylic acids is 1. The number of carbonyl (C=O) groups is 1. The Bertz CT molecular complexity index is 419. The van der Waals surface area contributed by atoms with Crippen LogP contribution in [0.25, 0.3) is 0 Å². The molecule has 3 N–H and O–H groups in total. The van der Waals surface area contributed by atoms with E-state index in [9.17, 15) is 4.79 Å². The van der Waals surface area contributed by atoms with Gasteiger partial charge < -0.3 is 10.4 Å². The molecule has 1 aromatic rings. The van der Waals surface area contributed by atoms with Gasteiger partial charge in [0.1, 0.15) is 6.61 Å². The van der Waals surface area contributed by atoms with Crippen LogP contribution in [0.4, 0.5) is 5.13 Å². The third-order valence-corrected chi connectivity index (χ3v) is 4.05. The number of nitrogens with zero attached hydrogens (tertiary/aromatic N) is 1. The first kappa shape index (κ1) is 13.5. The van der Waals surface area contributed by atoms with E-state index in [0.717, 1.165) is 37.9 Å². The molecular weight excluding hydrogens is 250 g/mol. The molecule has 6 heteroatoms. The predicted octanol–water partition coefficient (Wildman–Crippen LogP) is 0.931. The maximum absolute atomic E-state index is 11.1. The zero-order valence-electron chi connectivity index (χ0n) is 10.5. The highest BCUT2D eigenvalue weighted by Gasteiger charge is 2.22. The number of aryl methyl sites for hydroxylation is 1. The van der Waals surface area contributed by atoms with E-state index in [4.69, 9.17) is 5.11 Å². The molecule has 18 heavy (non-hydrogen) atoms. The molecule has 1 aliphatic carbocycles. The Labute approximate surface area is 111 Å². The van der Waals surface area contributed by atoms with Crippen LogP contribution >= 0.6 is 11.3 Å². The third-order valence-electron chi connectivity index (χ3n) is 3.01. The fourth-order valence-corrected chi connectivity index (χ4v) is 3.21. The number of aliphatic hydroxyl groups excluding tert-OH is 1. The maximum Gasteiger partial charge on any atom is 0.251 e. The lowest BCUT2D eigenvalue weighted by Gasteiger charge is -2.21. The van der Waals surface area contributed by atoms with Crippen molar-refractivity contribution in [2.75, 3.05) is 18.5 Å². The van der Waals surface area contributed by atoms with Crippen LogP contribution in [0.2, 0.25) is 0 Å². The SMILES string of the molecule is CCCN[C@H]1CCc2nc(NC(=O)CO)sc2C1. The fraction of sp³-hybridized carbons (Fsp3) is 0.667. The van der Waals surface area contributed by atoms with E-state index in [2.05, 4.69) is 22.5 Å². The molecule has 0 radical (unpaired) electrons. The third kappa shape index (κ3) is 3.28. The van der Waals surface area contributed by atoms with Gasteiger partial charge in [-0.1, -0.05) is 6.92 Å². The average molecular weight is 269 g/mol. The number of amides is 1. The Balaban J connectivity index is 1.97. The summed E-state index contributed by atoms with van der Waals surface area (Å²) in [6.07, 6.45) is 4.19. The van der Waals surface area contributed by atoms with Gasteiger partial charge in [-0.3, -0.25) is 10.1 Å². The molecule has 100 valence electrons. The van der Waals surface area contributed by atoms with Gasteiger partial charge in [-0.15, -0.1) is 11.3 Å². The molecule has 0 aliphatic heterocycles. The number of thiazole rings is 1. The second kappa shape index (κ2) is 6.26. The monoisotopic (exact) mass is 269 g/mol. The van der Waals surface area contributed by atoms with Crippen LogP contribution in [0.15, 0.2) is 0 Å². The van der Waals surface area contributed by atoms with Crippen LogP contribution in [0.5, 0.6) is 0 Å². The molecule has 0 aromatic carbocycles. The number of aromatic nitrogens is 1. The summed E-state index contributed by atoms with van der Waals surface area (Å²) in [7, 11) is 0. The Hall–Kier alpha value is -0.980. The van der Waals surface area contributed by atoms with Crippen molar-refractivity contribution in [1.29, 1.82) is 0 Å². The van der Waals surface area contributed by atoms with Gasteiger partial charge in [0.2, 0.25) is 0 Å². The molecule has 1 amide bonds. The lowest BCUT2D eigenvalue weighted by atomic mass is 9.98. The van der Waals surface area contributed by atoms with Gasteiger partial charge in [-0.2, -0.15) is 0 Å². The first-order valence-corrected chi connectivity index (χ1v) is 7.17. The first-order valence-electron chi connectivity index (χ1n) is 6.35. The second-order valence-corrected chi connectivity index (χ2v) is 5.57. The highest BCUT2D eigenvalue weighted by Crippen LogP contribution is 2.29. The van der Waals surface area contributed by atoms with E-state index in [1.165, 1.54) is 16.2 Å². The summed E-state index contributed by atoms with van der Waals surface area (Å²) < 4.78 is 0. The summed E-state index contributed by atoms with van der Waals surface area (Å²) in [5.74, 6) is -0.401. The summed E-state index contributed by atoms with van der Waals surface area (Å²) in [5.41, 5.74) is 1.10. The van der Waals surface area contributed by atoms with E-state index in [0.29, 0.717) is 11.2 Å². The molecular formula is C12H19N3O2S. The number of hydrogen-bond acceptors (Lipinski definition) is 5. The Kier molecular flexibility index (Phi) is 4.68. The van der Waals surface area contributed by atoms with Crippen LogP contribution in [0, 0.1) is 0 Å². The molecule has 0 fully saturated rings. The quantitative estimate of drug-likeness (QED) is 0.743. The van der Waals surface area contributed by atoms with E-state index in [1.807, 2.05) is 0 Å². The lowest BCUT2D eigenvalue weighted by molar-refractivity contribution is -0.118. The smallest absolute Gasteiger partial charge is 0.251 e. The average Bonchev–Trinajstić information content (AvgIpc) is 2.77. The topological polar surface area (TPSA) is 74.2 Å². The van der Waals surface area contributed by atoms with Crippen molar-refractivity contribution in [3.8, 4) is 0 Å². The van der Waals surface area contributed by atoms with E-state index in [-0.39, 0.29) is 0 Å². The standard InChI is InChI=1S/C12H19N3O2S/c1-2-5-13-8-3-4-9-10(6-8)18-12(14-9)15-11(17)7-16/h8,13,16H,2-7H2,1H3,(H,14,15,17)/t8-/m0/s1. The number of rotatable bonds is 5. The zero-order valence-corrected chi connectivity index (χ0v) is 11.3. The highest BCUT2D eigenvalue weighted by atomic mass is 32.1. The molecule has 0 bridgehead atoms. The number of anilines is 1. The van der Waals surface area contributed by atoms with Crippen molar-refractivity contribution in [2.24, 2.45) is 0 Å². The molecule has 1 atom stereocenters. The van der Waals surface area contributed by atoms with Crippen LogP contribution in [0.1, 0.15) is 30.3 Å². The second-order valence-electron chi connectivity index (χ2n) is 4.49. The molecule has 5 nitrogen and oxygen atoms in total. The molecule has 0 spiro atoms. The van der Waals surface area contributed by atoms with Crippen LogP contribution in [-0.2, 0) is 17.6 Å². The lowest BCUT2D eigenvalue weighted by Crippen LogP contribution is -2.34. The Morgan fingerprint density at radius 2 is 2.44 bits per heavy atom. The zero-order chi connectivity index (χ0) is 13.0. The van der Waals surface area contributed by atoms with Crippen molar-refractivity contribution >= 4 is 22.4 Å². The van der Waals surface area contributed by atoms with E-state index in [1.54, 1.807) is 0 Å². The van der Waals surface area contributed by atoms with Gasteiger partial charge in [0.15, 0.2) is 5.13 Å². The number of nitrogens with one attached hydrogen (secondary N) is 2. The maximum atomic E-state index is 11.1. The molecule has 0 saturated heterocycles. The van der Waals surface area contributed by atoms with Crippen molar-refractivity contribution in [3.05, 3.63) is 10.6 Å². The Morgan fingerprint density at radius 1 is 1.61 bits per heavy atom. The van der Waals surface area contributed by atoms with Crippen molar-refractivity contribution in [1.82, 2.24) is 10.3 Å². The first-order chi connectivity index (χ1) is 8.72. The normalized spacial score (nSPS) is 18.4. The van der Waals surface area contributed by atoms with Crippen molar-refractivity contribution < 1.29 is 9.90 Å². The van der Waals surface area contributed by atoms with E-state index >= 15 is 0 Å². The summed E-state index contributed by atoms with van der Waals surface area (Å²) >= 11 is 1.52. The molecule has 1 heterocycles. The van der Waals surface area contributed by atoms with Crippen LogP contribution in [-0.4, -0.2) is 35.2 Å². The minimum Gasteiger partial charge on any atom is -0.387 e. The summed E-state index contributed by atoms with van der Waals surface area (Å²) in [5, 5.41) is 15.4. The van der Waals surface area contributed by atoms with Crippen LogP contribution < -0.4 is 10.6 Å². The number of aliphatic hydroxyl groups is 1. The molecule has 2 rings (SSSR count). The number of hydrogen-bond donors (Lipinski definition) is 3. The van der Waals surface area contributed by atoms with Gasteiger partial charge in [0, 0.05) is 10.9 Å². The molecule has 0 saturated carbocycles. The Morgan fingerprint density at radius 3 is 3.17 bits per heavy atom. The van der Waals surface area contributed by atoms with Gasteiger partial charge in [0.25, 0.3) is 5.91 Å². The minimum absolute atomic E-state index is 0.401. The van der Waals surface area contributed by atoms with Gasteiger partial charge in [0.05, 0.1) is 5.69 Å². The highest BCUT2D eigenvalue weighted by molar-refractivity contribution is 7.15. The van der Waals surface area contributed by atoms with Gasteiger partial charge in [-0.05, 0) is 32.2 Å². The van der Waals surface area contributed by atoms with Crippen molar-refractivity contribution in [3.63, 3.8) is 0 Å².